The van der Waals surface area contributed by atoms with Crippen LogP contribution in [-0.2, 0) is 11.1 Å². The fraction of sp³-hybridized carbons (Fsp3) is 0.385. The highest BCUT2D eigenvalue weighted by atomic mass is 35.5. The van der Waals surface area contributed by atoms with E-state index in [1.54, 1.807) is 39.6 Å². The van der Waals surface area contributed by atoms with Crippen LogP contribution in [0.15, 0.2) is 34.9 Å². The number of fused-ring (bicyclic) bond motifs is 5. The lowest BCUT2D eigenvalue weighted by Gasteiger charge is -2.42. The zero-order chi connectivity index (χ0) is 27.1. The molecule has 0 bridgehead atoms. The number of benzene rings is 1. The van der Waals surface area contributed by atoms with Crippen molar-refractivity contribution >= 4 is 29.1 Å². The van der Waals surface area contributed by atoms with Crippen LogP contribution in [0.25, 0.3) is 16.9 Å². The molecule has 1 atom stereocenters. The van der Waals surface area contributed by atoms with Gasteiger partial charge in [0.25, 0.3) is 0 Å². The van der Waals surface area contributed by atoms with Crippen molar-refractivity contribution < 1.29 is 23.0 Å². The Morgan fingerprint density at radius 1 is 1.21 bits per heavy atom. The van der Waals surface area contributed by atoms with Crippen LogP contribution in [0.5, 0.6) is 0 Å². The molecule has 12 heteroatoms. The van der Waals surface area contributed by atoms with Crippen LogP contribution in [0, 0.1) is 12.7 Å². The van der Waals surface area contributed by atoms with Crippen LogP contribution in [0.4, 0.5) is 4.39 Å². The number of piperazine rings is 1. The van der Waals surface area contributed by atoms with E-state index in [1.807, 2.05) is 17.6 Å². The van der Waals surface area contributed by atoms with Crippen molar-refractivity contribution in [2.45, 2.75) is 45.7 Å². The first-order valence-corrected chi connectivity index (χ1v) is 12.6. The number of aryl methyl sites for hydroxylation is 1. The van der Waals surface area contributed by atoms with Crippen molar-refractivity contribution in [1.82, 2.24) is 29.6 Å². The van der Waals surface area contributed by atoms with E-state index in [9.17, 15) is 14.0 Å². The van der Waals surface area contributed by atoms with Gasteiger partial charge in [0.05, 0.1) is 17.1 Å². The summed E-state index contributed by atoms with van der Waals surface area (Å²) in [5.74, 6) is -0.779. The lowest BCUT2D eigenvalue weighted by Crippen LogP contribution is -2.69. The summed E-state index contributed by atoms with van der Waals surface area (Å²) < 4.78 is 22.9. The maximum absolute atomic E-state index is 13.8. The summed E-state index contributed by atoms with van der Waals surface area (Å²) in [4.78, 5) is 30.2. The van der Waals surface area contributed by atoms with Crippen molar-refractivity contribution in [3.63, 3.8) is 0 Å². The zero-order valence-corrected chi connectivity index (χ0v) is 22.4. The summed E-state index contributed by atoms with van der Waals surface area (Å²) in [6.07, 6.45) is 1.72. The number of carbonyl (C=O) groups excluding carboxylic acids is 2. The highest BCUT2D eigenvalue weighted by molar-refractivity contribution is 6.31. The van der Waals surface area contributed by atoms with Crippen LogP contribution in [0.3, 0.4) is 0 Å². The first-order chi connectivity index (χ1) is 17.9. The van der Waals surface area contributed by atoms with Gasteiger partial charge < -0.3 is 9.32 Å². The Kier molecular flexibility index (Phi) is 5.20. The quantitative estimate of drug-likeness (QED) is 0.363. The molecule has 1 unspecified atom stereocenters. The molecule has 10 nitrogen and oxygen atoms in total. The van der Waals surface area contributed by atoms with Gasteiger partial charge in [0.15, 0.2) is 6.20 Å². The van der Waals surface area contributed by atoms with Gasteiger partial charge in [-0.1, -0.05) is 42.0 Å². The first kappa shape index (κ1) is 24.5. The van der Waals surface area contributed by atoms with Crippen molar-refractivity contribution in [2.75, 3.05) is 19.6 Å². The number of aromatic nitrogens is 5. The van der Waals surface area contributed by atoms with E-state index in [4.69, 9.17) is 21.1 Å². The standard InChI is InChI=1S/C26H26ClFN7O3/c1-14-29-30-21(38-14)24(37)32-8-9-33-23(36)20-12-34-22(35(20)26(33,5)13-32)16(25(2,3)4)11-19(31-34)15-6-7-18(28)17(27)10-15/h6-7,10-12H,8-9,13H2,1-5H3/q+1. The fourth-order valence-electron chi connectivity index (χ4n) is 5.43. The van der Waals surface area contributed by atoms with E-state index >= 15 is 0 Å². The van der Waals surface area contributed by atoms with Gasteiger partial charge in [0.2, 0.25) is 17.2 Å². The Labute approximate surface area is 222 Å². The molecule has 0 saturated carbocycles. The van der Waals surface area contributed by atoms with Crippen molar-refractivity contribution in [1.29, 1.82) is 0 Å². The lowest BCUT2D eigenvalue weighted by molar-refractivity contribution is -0.749. The van der Waals surface area contributed by atoms with Gasteiger partial charge in [-0.15, -0.1) is 10.2 Å². The molecule has 0 spiro atoms. The van der Waals surface area contributed by atoms with E-state index < -0.39 is 11.5 Å². The van der Waals surface area contributed by atoms with Gasteiger partial charge in [-0.3, -0.25) is 14.5 Å². The molecule has 6 rings (SSSR count). The van der Waals surface area contributed by atoms with Gasteiger partial charge in [0, 0.05) is 32.5 Å². The van der Waals surface area contributed by atoms with Crippen LogP contribution in [0.2, 0.25) is 5.02 Å². The molecule has 0 radical (unpaired) electrons. The number of halogens is 2. The molecule has 1 aromatic carbocycles. The Bertz CT molecular complexity index is 1660. The third kappa shape index (κ3) is 3.52. The molecule has 2 aliphatic rings. The van der Waals surface area contributed by atoms with E-state index in [0.29, 0.717) is 35.9 Å². The SMILES string of the molecule is Cc1nnc(C(=O)N2CCN3C(=O)c4cn5nc(-c6ccc(F)c(Cl)c6)cc(C(C)(C)C)c5[n+]4C3(C)C2)o1. The van der Waals surface area contributed by atoms with E-state index in [0.717, 1.165) is 11.2 Å². The van der Waals surface area contributed by atoms with Gasteiger partial charge in [0.1, 0.15) is 11.5 Å². The Morgan fingerprint density at radius 2 is 1.97 bits per heavy atom. The highest BCUT2D eigenvalue weighted by Crippen LogP contribution is 2.36. The summed E-state index contributed by atoms with van der Waals surface area (Å²) in [5.41, 5.74) is 2.19. The number of carbonyl (C=O) groups is 2. The largest absolute Gasteiger partial charge is 0.417 e. The third-order valence-corrected chi connectivity index (χ3v) is 7.57. The van der Waals surface area contributed by atoms with Crippen LogP contribution in [0.1, 0.15) is 60.3 Å². The molecular weight excluding hydrogens is 513 g/mol. The van der Waals surface area contributed by atoms with Gasteiger partial charge in [-0.05, 0) is 29.7 Å². The summed E-state index contributed by atoms with van der Waals surface area (Å²) in [7, 11) is 0. The monoisotopic (exact) mass is 538 g/mol. The van der Waals surface area contributed by atoms with Crippen molar-refractivity contribution in [3.05, 3.63) is 64.3 Å². The van der Waals surface area contributed by atoms with Crippen LogP contribution >= 0.6 is 11.6 Å². The molecule has 2 amide bonds. The van der Waals surface area contributed by atoms with Crippen LogP contribution < -0.4 is 4.57 Å². The van der Waals surface area contributed by atoms with Crippen LogP contribution in [-0.4, -0.2) is 61.1 Å². The number of rotatable bonds is 2. The summed E-state index contributed by atoms with van der Waals surface area (Å²) in [5, 5.41) is 12.5. The minimum absolute atomic E-state index is 0.00724. The number of nitrogens with zero attached hydrogens (tertiary/aromatic N) is 7. The lowest BCUT2D eigenvalue weighted by atomic mass is 9.87. The number of amides is 2. The predicted molar refractivity (Wildman–Crippen MR) is 134 cm³/mol. The highest BCUT2D eigenvalue weighted by Gasteiger charge is 2.57. The molecule has 2 aliphatic heterocycles. The maximum Gasteiger partial charge on any atom is 0.313 e. The molecule has 0 N–H and O–H groups in total. The van der Waals surface area contributed by atoms with Crippen molar-refractivity contribution in [3.8, 4) is 11.3 Å². The van der Waals surface area contributed by atoms with Crippen molar-refractivity contribution in [2.24, 2.45) is 0 Å². The smallest absolute Gasteiger partial charge is 0.313 e. The summed E-state index contributed by atoms with van der Waals surface area (Å²) >= 11 is 6.06. The normalized spacial score (nSPS) is 19.3. The molecule has 1 saturated heterocycles. The Morgan fingerprint density at radius 3 is 2.63 bits per heavy atom. The topological polar surface area (TPSA) is 101 Å². The number of hydrogen-bond donors (Lipinski definition) is 0. The number of imidazole rings is 1. The molecular formula is C26H26ClFN7O3+. The molecule has 4 aromatic rings. The predicted octanol–water partition coefficient (Wildman–Crippen LogP) is 3.35. The van der Waals surface area contributed by atoms with E-state index in [2.05, 4.69) is 31.0 Å². The fourth-order valence-corrected chi connectivity index (χ4v) is 5.61. The average molecular weight is 539 g/mol. The van der Waals surface area contributed by atoms with Gasteiger partial charge in [-0.25, -0.2) is 4.39 Å². The van der Waals surface area contributed by atoms with E-state index in [1.165, 1.54) is 6.07 Å². The second-order valence-corrected chi connectivity index (χ2v) is 11.4. The Hall–Kier alpha value is -3.86. The molecule has 3 aromatic heterocycles. The molecule has 196 valence electrons. The number of hydrogen-bond acceptors (Lipinski definition) is 6. The Balaban J connectivity index is 1.51. The third-order valence-electron chi connectivity index (χ3n) is 7.28. The average Bonchev–Trinajstić information content (AvgIpc) is 3.52. The second-order valence-electron chi connectivity index (χ2n) is 11.0. The summed E-state index contributed by atoms with van der Waals surface area (Å²) in [6, 6.07) is 6.44. The second kappa shape index (κ2) is 8.07. The minimum Gasteiger partial charge on any atom is -0.417 e. The molecule has 38 heavy (non-hydrogen) atoms. The van der Waals surface area contributed by atoms with Gasteiger partial charge >= 0.3 is 23.4 Å². The first-order valence-electron chi connectivity index (χ1n) is 12.2. The maximum atomic E-state index is 13.8. The van der Waals surface area contributed by atoms with Gasteiger partial charge in [-0.2, -0.15) is 4.57 Å². The van der Waals surface area contributed by atoms with E-state index in [-0.39, 0.29) is 34.7 Å². The molecule has 1 fully saturated rings. The molecule has 5 heterocycles. The summed E-state index contributed by atoms with van der Waals surface area (Å²) in [6.45, 7) is 10.7. The zero-order valence-electron chi connectivity index (χ0n) is 21.6. The minimum atomic E-state index is -0.869. The molecule has 0 aliphatic carbocycles.